The average molecular weight is 289 g/mol. The normalized spacial score (nSPS) is 23.0. The zero-order valence-electron chi connectivity index (χ0n) is 13.4. The number of carbonyl (C=O) groups excluding carboxylic acids is 1. The van der Waals surface area contributed by atoms with Crippen molar-refractivity contribution in [2.24, 2.45) is 5.92 Å². The first-order chi connectivity index (χ1) is 9.97. The third-order valence-electron chi connectivity index (χ3n) is 4.65. The van der Waals surface area contributed by atoms with Crippen molar-refractivity contribution in [1.82, 2.24) is 4.90 Å². The van der Waals surface area contributed by atoms with Crippen LogP contribution < -0.4 is 11.1 Å². The molecule has 2 atom stereocenters. The molecule has 1 heterocycles. The van der Waals surface area contributed by atoms with Gasteiger partial charge in [0.2, 0.25) is 5.91 Å². The molecule has 1 fully saturated rings. The van der Waals surface area contributed by atoms with Crippen molar-refractivity contribution in [3.8, 4) is 0 Å². The van der Waals surface area contributed by atoms with Gasteiger partial charge in [-0.2, -0.15) is 0 Å². The van der Waals surface area contributed by atoms with E-state index >= 15 is 0 Å². The molecule has 1 amide bonds. The lowest BCUT2D eigenvalue weighted by molar-refractivity contribution is -0.116. The zero-order chi connectivity index (χ0) is 15.4. The monoisotopic (exact) mass is 289 g/mol. The molecule has 0 saturated carbocycles. The molecule has 116 valence electrons. The lowest BCUT2D eigenvalue weighted by Crippen LogP contribution is -2.43. The van der Waals surface area contributed by atoms with Crippen LogP contribution >= 0.6 is 0 Å². The maximum absolute atomic E-state index is 12.1. The van der Waals surface area contributed by atoms with E-state index < -0.39 is 0 Å². The summed E-state index contributed by atoms with van der Waals surface area (Å²) in [6, 6.07) is 6.14. The topological polar surface area (TPSA) is 58.4 Å². The summed E-state index contributed by atoms with van der Waals surface area (Å²) in [7, 11) is 0. The van der Waals surface area contributed by atoms with Crippen LogP contribution in [0.1, 0.15) is 38.7 Å². The Balaban J connectivity index is 1.84. The highest BCUT2D eigenvalue weighted by Crippen LogP contribution is 2.23. The Labute approximate surface area is 127 Å². The summed E-state index contributed by atoms with van der Waals surface area (Å²) >= 11 is 0. The Morgan fingerprint density at radius 3 is 2.90 bits per heavy atom. The molecule has 0 bridgehead atoms. The number of rotatable bonds is 4. The zero-order valence-corrected chi connectivity index (χ0v) is 13.4. The van der Waals surface area contributed by atoms with Gasteiger partial charge in [-0.05, 0) is 62.9 Å². The molecule has 2 unspecified atom stereocenters. The highest BCUT2D eigenvalue weighted by molar-refractivity contribution is 5.91. The molecule has 21 heavy (non-hydrogen) atoms. The van der Waals surface area contributed by atoms with Gasteiger partial charge >= 0.3 is 0 Å². The maximum Gasteiger partial charge on any atom is 0.225 e. The number of piperidine rings is 1. The summed E-state index contributed by atoms with van der Waals surface area (Å²) in [4.78, 5) is 14.5. The molecule has 1 saturated heterocycles. The summed E-state index contributed by atoms with van der Waals surface area (Å²) in [5.41, 5.74) is 8.31. The van der Waals surface area contributed by atoms with E-state index in [4.69, 9.17) is 5.73 Å². The number of nitrogens with two attached hydrogens (primary N) is 1. The van der Waals surface area contributed by atoms with Gasteiger partial charge in [-0.1, -0.05) is 6.92 Å². The Kier molecular flexibility index (Phi) is 5.23. The Hall–Kier alpha value is -1.55. The standard InChI is InChI=1S/C17H27N3O/c1-12-5-4-9-20(14(12)3)10-8-17(21)19-16-7-6-15(18)11-13(16)2/h6-7,11-12,14H,4-5,8-10,18H2,1-3H3,(H,19,21). The van der Waals surface area contributed by atoms with Crippen molar-refractivity contribution < 1.29 is 4.79 Å². The lowest BCUT2D eigenvalue weighted by atomic mass is 9.92. The van der Waals surface area contributed by atoms with E-state index in [2.05, 4.69) is 24.1 Å². The van der Waals surface area contributed by atoms with Gasteiger partial charge in [0.05, 0.1) is 0 Å². The third-order valence-corrected chi connectivity index (χ3v) is 4.65. The average Bonchev–Trinajstić information content (AvgIpc) is 2.43. The highest BCUT2D eigenvalue weighted by Gasteiger charge is 2.24. The number of nitrogens with zero attached hydrogens (tertiary/aromatic N) is 1. The van der Waals surface area contributed by atoms with Crippen LogP contribution in [0.3, 0.4) is 0 Å². The van der Waals surface area contributed by atoms with Gasteiger partial charge in [-0.3, -0.25) is 9.69 Å². The molecule has 0 aliphatic carbocycles. The number of likely N-dealkylation sites (tertiary alicyclic amines) is 1. The molecule has 1 aliphatic heterocycles. The van der Waals surface area contributed by atoms with E-state index in [-0.39, 0.29) is 5.91 Å². The third kappa shape index (κ3) is 4.21. The molecule has 0 aromatic heterocycles. The van der Waals surface area contributed by atoms with Gasteiger partial charge in [-0.15, -0.1) is 0 Å². The summed E-state index contributed by atoms with van der Waals surface area (Å²) in [5, 5.41) is 2.98. The van der Waals surface area contributed by atoms with Gasteiger partial charge in [0.1, 0.15) is 0 Å². The SMILES string of the molecule is Cc1cc(N)ccc1NC(=O)CCN1CCCC(C)C1C. The fourth-order valence-corrected chi connectivity index (χ4v) is 3.02. The van der Waals surface area contributed by atoms with Crippen LogP contribution in [-0.4, -0.2) is 29.9 Å². The number of aryl methyl sites for hydroxylation is 1. The molecule has 1 aromatic rings. The van der Waals surface area contributed by atoms with Gasteiger partial charge in [0.25, 0.3) is 0 Å². The first-order valence-corrected chi connectivity index (χ1v) is 7.87. The molecular weight excluding hydrogens is 262 g/mol. The van der Waals surface area contributed by atoms with Crippen LogP contribution in [0.4, 0.5) is 11.4 Å². The number of nitrogen functional groups attached to an aromatic ring is 1. The number of benzene rings is 1. The molecule has 4 heteroatoms. The fraction of sp³-hybridized carbons (Fsp3) is 0.588. The van der Waals surface area contributed by atoms with E-state index in [1.165, 1.54) is 12.8 Å². The second kappa shape index (κ2) is 6.94. The molecule has 1 aliphatic rings. The number of hydrogen-bond acceptors (Lipinski definition) is 3. The van der Waals surface area contributed by atoms with E-state index in [1.54, 1.807) is 0 Å². The van der Waals surface area contributed by atoms with Gasteiger partial charge in [0.15, 0.2) is 0 Å². The Morgan fingerprint density at radius 1 is 1.43 bits per heavy atom. The van der Waals surface area contributed by atoms with Crippen LogP contribution in [0.2, 0.25) is 0 Å². The lowest BCUT2D eigenvalue weighted by Gasteiger charge is -2.37. The van der Waals surface area contributed by atoms with Crippen LogP contribution in [0.25, 0.3) is 0 Å². The smallest absolute Gasteiger partial charge is 0.225 e. The number of hydrogen-bond donors (Lipinski definition) is 2. The van der Waals surface area contributed by atoms with Crippen molar-refractivity contribution in [1.29, 1.82) is 0 Å². The molecular formula is C17H27N3O. The Morgan fingerprint density at radius 2 is 2.19 bits per heavy atom. The predicted molar refractivity (Wildman–Crippen MR) is 88.3 cm³/mol. The van der Waals surface area contributed by atoms with Gasteiger partial charge < -0.3 is 11.1 Å². The minimum Gasteiger partial charge on any atom is -0.399 e. The van der Waals surface area contributed by atoms with Crippen LogP contribution in [0, 0.1) is 12.8 Å². The van der Waals surface area contributed by atoms with Gasteiger partial charge in [0, 0.05) is 30.4 Å². The summed E-state index contributed by atoms with van der Waals surface area (Å²) in [6.07, 6.45) is 3.08. The molecule has 1 aromatic carbocycles. The van der Waals surface area contributed by atoms with Crippen molar-refractivity contribution in [2.45, 2.75) is 46.1 Å². The minimum absolute atomic E-state index is 0.0771. The summed E-state index contributed by atoms with van der Waals surface area (Å²) < 4.78 is 0. The van der Waals surface area contributed by atoms with Crippen LogP contribution in [0.15, 0.2) is 18.2 Å². The summed E-state index contributed by atoms with van der Waals surface area (Å²) in [5.74, 6) is 0.800. The second-order valence-corrected chi connectivity index (χ2v) is 6.27. The second-order valence-electron chi connectivity index (χ2n) is 6.27. The number of amides is 1. The van der Waals surface area contributed by atoms with Crippen molar-refractivity contribution in [2.75, 3.05) is 24.1 Å². The predicted octanol–water partition coefficient (Wildman–Crippen LogP) is 3.03. The van der Waals surface area contributed by atoms with Crippen molar-refractivity contribution in [3.05, 3.63) is 23.8 Å². The van der Waals surface area contributed by atoms with E-state index in [0.717, 1.165) is 35.9 Å². The van der Waals surface area contributed by atoms with Crippen LogP contribution in [0.5, 0.6) is 0 Å². The maximum atomic E-state index is 12.1. The first kappa shape index (κ1) is 15.8. The highest BCUT2D eigenvalue weighted by atomic mass is 16.1. The first-order valence-electron chi connectivity index (χ1n) is 7.87. The minimum atomic E-state index is 0.0771. The molecule has 3 N–H and O–H groups in total. The van der Waals surface area contributed by atoms with E-state index in [1.807, 2.05) is 25.1 Å². The molecule has 0 spiro atoms. The van der Waals surface area contributed by atoms with Crippen molar-refractivity contribution in [3.63, 3.8) is 0 Å². The van der Waals surface area contributed by atoms with E-state index in [0.29, 0.717) is 12.5 Å². The number of anilines is 2. The molecule has 2 rings (SSSR count). The number of nitrogens with one attached hydrogen (secondary N) is 1. The molecule has 4 nitrogen and oxygen atoms in total. The van der Waals surface area contributed by atoms with Gasteiger partial charge in [-0.25, -0.2) is 0 Å². The van der Waals surface area contributed by atoms with Crippen LogP contribution in [-0.2, 0) is 4.79 Å². The molecule has 0 radical (unpaired) electrons. The number of carbonyl (C=O) groups is 1. The Bertz CT molecular complexity index is 501. The summed E-state index contributed by atoms with van der Waals surface area (Å²) in [6.45, 7) is 8.48. The van der Waals surface area contributed by atoms with Crippen molar-refractivity contribution >= 4 is 17.3 Å². The fourth-order valence-electron chi connectivity index (χ4n) is 3.02. The quantitative estimate of drug-likeness (QED) is 0.838. The van der Waals surface area contributed by atoms with E-state index in [9.17, 15) is 4.79 Å². The largest absolute Gasteiger partial charge is 0.399 e.